The number of para-hydroxylation sites is 1. The summed E-state index contributed by atoms with van der Waals surface area (Å²) in [5, 5.41) is 5.40. The Labute approximate surface area is 127 Å². The molecule has 21 heavy (non-hydrogen) atoms. The van der Waals surface area contributed by atoms with Crippen molar-refractivity contribution in [3.05, 3.63) is 52.2 Å². The number of rotatable bonds is 8. The van der Waals surface area contributed by atoms with Crippen LogP contribution in [0.25, 0.3) is 0 Å². The van der Waals surface area contributed by atoms with Crippen molar-refractivity contribution < 1.29 is 13.5 Å². The second-order valence-corrected chi connectivity index (χ2v) is 5.68. The van der Waals surface area contributed by atoms with E-state index in [1.165, 1.54) is 4.88 Å². The summed E-state index contributed by atoms with van der Waals surface area (Å²) < 4.78 is 29.7. The maximum atomic E-state index is 12.5. The topological polar surface area (TPSA) is 21.3 Å². The Morgan fingerprint density at radius 1 is 1.19 bits per heavy atom. The number of nitrogens with one attached hydrogen (secondary N) is 1. The van der Waals surface area contributed by atoms with Crippen molar-refractivity contribution in [3.63, 3.8) is 0 Å². The molecular formula is C16H19F2NOS. The summed E-state index contributed by atoms with van der Waals surface area (Å²) >= 11 is 1.71. The van der Waals surface area contributed by atoms with Gasteiger partial charge in [-0.2, -0.15) is 8.78 Å². The van der Waals surface area contributed by atoms with Gasteiger partial charge in [0.25, 0.3) is 0 Å². The van der Waals surface area contributed by atoms with Gasteiger partial charge in [0.1, 0.15) is 5.75 Å². The average Bonchev–Trinajstić information content (AvgIpc) is 2.97. The summed E-state index contributed by atoms with van der Waals surface area (Å²) in [6.45, 7) is -0.0157. The van der Waals surface area contributed by atoms with Crippen molar-refractivity contribution >= 4 is 11.3 Å². The summed E-state index contributed by atoms with van der Waals surface area (Å²) in [5.74, 6) is 0.254. The van der Waals surface area contributed by atoms with Crippen molar-refractivity contribution in [2.45, 2.75) is 32.4 Å². The van der Waals surface area contributed by atoms with Crippen LogP contribution in [0.3, 0.4) is 0 Å². The van der Waals surface area contributed by atoms with Crippen LogP contribution in [-0.4, -0.2) is 13.2 Å². The van der Waals surface area contributed by atoms with Crippen LogP contribution in [0.15, 0.2) is 41.8 Å². The van der Waals surface area contributed by atoms with E-state index in [0.717, 1.165) is 24.9 Å². The Bertz CT molecular complexity index is 531. The molecule has 0 aliphatic carbocycles. The van der Waals surface area contributed by atoms with Gasteiger partial charge in [-0.25, -0.2) is 0 Å². The van der Waals surface area contributed by atoms with E-state index in [-0.39, 0.29) is 11.8 Å². The van der Waals surface area contributed by atoms with Gasteiger partial charge < -0.3 is 10.1 Å². The summed E-state index contributed by atoms with van der Waals surface area (Å²) in [6.07, 6.45) is 1.76. The molecule has 2 rings (SSSR count). The maximum absolute atomic E-state index is 12.5. The van der Waals surface area contributed by atoms with Gasteiger partial charge in [-0.05, 0) is 36.9 Å². The zero-order valence-corrected chi connectivity index (χ0v) is 12.7. The molecule has 0 saturated carbocycles. The molecule has 0 aliphatic heterocycles. The Kier molecular flexibility index (Phi) is 6.14. The minimum Gasteiger partial charge on any atom is -0.434 e. The highest BCUT2D eigenvalue weighted by atomic mass is 32.1. The first kappa shape index (κ1) is 15.9. The molecule has 1 heterocycles. The van der Waals surface area contributed by atoms with Crippen LogP contribution < -0.4 is 10.1 Å². The van der Waals surface area contributed by atoms with E-state index in [2.05, 4.69) is 16.1 Å². The minimum absolute atomic E-state index is 0.00653. The van der Waals surface area contributed by atoms with Gasteiger partial charge in [-0.15, -0.1) is 11.3 Å². The van der Waals surface area contributed by atoms with Crippen molar-refractivity contribution in [3.8, 4) is 5.75 Å². The van der Waals surface area contributed by atoms with Gasteiger partial charge in [0.15, 0.2) is 0 Å². The molecule has 2 aromatic rings. The van der Waals surface area contributed by atoms with Gasteiger partial charge in [0, 0.05) is 16.5 Å². The third-order valence-electron chi connectivity index (χ3n) is 3.22. The predicted octanol–water partition coefficient (Wildman–Crippen LogP) is 4.63. The highest BCUT2D eigenvalue weighted by Crippen LogP contribution is 2.29. The third kappa shape index (κ3) is 4.79. The second kappa shape index (κ2) is 8.10. The monoisotopic (exact) mass is 311 g/mol. The number of alkyl halides is 2. The quantitative estimate of drug-likeness (QED) is 0.767. The molecule has 0 fully saturated rings. The summed E-state index contributed by atoms with van der Waals surface area (Å²) in [7, 11) is 0. The van der Waals surface area contributed by atoms with Crippen LogP contribution in [0.1, 0.15) is 29.8 Å². The van der Waals surface area contributed by atoms with E-state index < -0.39 is 6.61 Å². The molecule has 1 aromatic heterocycles. The summed E-state index contributed by atoms with van der Waals surface area (Å²) in [5.41, 5.74) is 0.788. The molecule has 114 valence electrons. The largest absolute Gasteiger partial charge is 0.434 e. The molecular weight excluding hydrogens is 292 g/mol. The first-order valence-corrected chi connectivity index (χ1v) is 7.88. The Hall–Kier alpha value is -1.46. The Morgan fingerprint density at radius 3 is 2.67 bits per heavy atom. The maximum Gasteiger partial charge on any atom is 0.387 e. The molecule has 0 amide bonds. The van der Waals surface area contributed by atoms with Crippen LogP contribution in [0.4, 0.5) is 8.78 Å². The first-order chi connectivity index (χ1) is 10.2. The molecule has 2 nitrogen and oxygen atoms in total. The number of ether oxygens (including phenoxy) is 1. The first-order valence-electron chi connectivity index (χ1n) is 7.00. The van der Waals surface area contributed by atoms with Gasteiger partial charge in [-0.3, -0.25) is 0 Å². The van der Waals surface area contributed by atoms with Crippen LogP contribution in [0, 0.1) is 0 Å². The Balaban J connectivity index is 2.13. The average molecular weight is 311 g/mol. The normalized spacial score (nSPS) is 12.6. The van der Waals surface area contributed by atoms with E-state index >= 15 is 0 Å². The highest BCUT2D eigenvalue weighted by Gasteiger charge is 2.17. The fourth-order valence-electron chi connectivity index (χ4n) is 2.33. The van der Waals surface area contributed by atoms with E-state index in [4.69, 9.17) is 0 Å². The van der Waals surface area contributed by atoms with Gasteiger partial charge in [-0.1, -0.05) is 31.2 Å². The summed E-state index contributed by atoms with van der Waals surface area (Å²) in [6, 6.07) is 11.1. The molecule has 0 bridgehead atoms. The number of hydrogen-bond acceptors (Lipinski definition) is 3. The van der Waals surface area contributed by atoms with Crippen LogP contribution in [0.2, 0.25) is 0 Å². The fraction of sp³-hybridized carbons (Fsp3) is 0.375. The SMILES string of the molecule is CCNC(CCc1cccs1)c1ccccc1OC(F)F. The molecule has 0 saturated heterocycles. The molecule has 1 N–H and O–H groups in total. The number of hydrogen-bond donors (Lipinski definition) is 1. The lowest BCUT2D eigenvalue weighted by atomic mass is 10.0. The lowest BCUT2D eigenvalue weighted by Crippen LogP contribution is -2.22. The van der Waals surface area contributed by atoms with Crippen molar-refractivity contribution in [2.75, 3.05) is 6.54 Å². The van der Waals surface area contributed by atoms with Crippen LogP contribution in [0.5, 0.6) is 5.75 Å². The molecule has 5 heteroatoms. The third-order valence-corrected chi connectivity index (χ3v) is 4.16. The molecule has 1 atom stereocenters. The highest BCUT2D eigenvalue weighted by molar-refractivity contribution is 7.09. The van der Waals surface area contributed by atoms with Gasteiger partial charge in [0.2, 0.25) is 0 Å². The van der Waals surface area contributed by atoms with Crippen molar-refractivity contribution in [1.29, 1.82) is 0 Å². The predicted molar refractivity (Wildman–Crippen MR) is 82.1 cm³/mol. The van der Waals surface area contributed by atoms with E-state index in [0.29, 0.717) is 0 Å². The zero-order valence-electron chi connectivity index (χ0n) is 11.9. The van der Waals surface area contributed by atoms with E-state index in [1.54, 1.807) is 23.5 Å². The van der Waals surface area contributed by atoms with E-state index in [9.17, 15) is 8.78 Å². The number of halogens is 2. The fourth-order valence-corrected chi connectivity index (χ4v) is 3.05. The summed E-state index contributed by atoms with van der Waals surface area (Å²) in [4.78, 5) is 1.30. The number of thiophene rings is 1. The lowest BCUT2D eigenvalue weighted by Gasteiger charge is -2.21. The molecule has 1 aromatic carbocycles. The van der Waals surface area contributed by atoms with E-state index in [1.807, 2.05) is 30.5 Å². The van der Waals surface area contributed by atoms with Crippen LogP contribution >= 0.6 is 11.3 Å². The molecule has 1 unspecified atom stereocenters. The smallest absolute Gasteiger partial charge is 0.387 e. The van der Waals surface area contributed by atoms with Crippen molar-refractivity contribution in [1.82, 2.24) is 5.32 Å². The standard InChI is InChI=1S/C16H19F2NOS/c1-2-19-14(10-9-12-6-5-11-21-12)13-7-3-4-8-15(13)20-16(17)18/h3-8,11,14,16,19H,2,9-10H2,1H3. The Morgan fingerprint density at radius 2 is 2.00 bits per heavy atom. The van der Waals surface area contributed by atoms with Gasteiger partial charge >= 0.3 is 6.61 Å². The minimum atomic E-state index is -2.80. The number of benzene rings is 1. The molecule has 0 radical (unpaired) electrons. The van der Waals surface area contributed by atoms with Crippen molar-refractivity contribution in [2.24, 2.45) is 0 Å². The lowest BCUT2D eigenvalue weighted by molar-refractivity contribution is -0.0507. The zero-order chi connectivity index (χ0) is 15.1. The van der Waals surface area contributed by atoms with Crippen LogP contribution in [-0.2, 0) is 6.42 Å². The molecule has 0 spiro atoms. The second-order valence-electron chi connectivity index (χ2n) is 4.64. The number of aryl methyl sites for hydroxylation is 1. The van der Waals surface area contributed by atoms with Gasteiger partial charge in [0.05, 0.1) is 0 Å². The molecule has 0 aliphatic rings.